The van der Waals surface area contributed by atoms with Gasteiger partial charge in [0.2, 0.25) is 0 Å². The van der Waals surface area contributed by atoms with Crippen LogP contribution in [0.15, 0.2) is 0 Å². The molecule has 1 saturated heterocycles. The molecule has 1 fully saturated rings. The Morgan fingerprint density at radius 2 is 1.67 bits per heavy atom. The summed E-state index contributed by atoms with van der Waals surface area (Å²) in [5, 5.41) is 3.31. The van der Waals surface area contributed by atoms with E-state index in [9.17, 15) is 8.42 Å². The zero-order valence-electron chi connectivity index (χ0n) is 14.1. The molecule has 0 aromatic rings. The Bertz CT molecular complexity index is 354. The number of unbranched alkanes of at least 4 members (excludes halogenated alkanes) is 6. The van der Waals surface area contributed by atoms with E-state index in [1.165, 1.54) is 38.5 Å². The van der Waals surface area contributed by atoms with Crippen molar-refractivity contribution in [1.82, 2.24) is 5.32 Å². The molecule has 1 rings (SSSR count). The van der Waals surface area contributed by atoms with Gasteiger partial charge in [0, 0.05) is 6.04 Å². The van der Waals surface area contributed by atoms with Gasteiger partial charge in [-0.15, -0.1) is 0 Å². The fourth-order valence-corrected chi connectivity index (χ4v) is 5.60. The molecule has 1 aliphatic heterocycles. The van der Waals surface area contributed by atoms with Gasteiger partial charge in [-0.1, -0.05) is 65.2 Å². The molecule has 1 heterocycles. The second-order valence-corrected chi connectivity index (χ2v) is 8.81. The first-order valence-electron chi connectivity index (χ1n) is 9.06. The van der Waals surface area contributed by atoms with Gasteiger partial charge < -0.3 is 5.32 Å². The molecule has 0 aliphatic carbocycles. The standard InChI is InChI=1S/C17H35NO2S/c1-3-5-6-7-8-9-10-13-16(18-4-2)17-14-11-12-15-21(17,19)20/h16-18H,3-15H2,1-2H3. The highest BCUT2D eigenvalue weighted by atomic mass is 32.2. The maximum absolute atomic E-state index is 12.3. The van der Waals surface area contributed by atoms with Crippen LogP contribution in [-0.2, 0) is 9.84 Å². The number of nitrogens with one attached hydrogen (secondary N) is 1. The van der Waals surface area contributed by atoms with Gasteiger partial charge in [0.15, 0.2) is 9.84 Å². The lowest BCUT2D eigenvalue weighted by Gasteiger charge is -2.30. The molecule has 2 atom stereocenters. The average Bonchev–Trinajstić information content (AvgIpc) is 2.45. The van der Waals surface area contributed by atoms with E-state index in [0.717, 1.165) is 38.6 Å². The summed E-state index contributed by atoms with van der Waals surface area (Å²) >= 11 is 0. The molecule has 0 bridgehead atoms. The van der Waals surface area contributed by atoms with E-state index in [4.69, 9.17) is 0 Å². The summed E-state index contributed by atoms with van der Waals surface area (Å²) < 4.78 is 24.5. The molecule has 3 nitrogen and oxygen atoms in total. The third-order valence-corrected chi connectivity index (χ3v) is 7.01. The minimum Gasteiger partial charge on any atom is -0.313 e. The molecule has 2 unspecified atom stereocenters. The maximum atomic E-state index is 12.3. The van der Waals surface area contributed by atoms with Gasteiger partial charge in [-0.2, -0.15) is 0 Å². The van der Waals surface area contributed by atoms with Crippen molar-refractivity contribution in [1.29, 1.82) is 0 Å². The van der Waals surface area contributed by atoms with Crippen LogP contribution in [0.25, 0.3) is 0 Å². The summed E-state index contributed by atoms with van der Waals surface area (Å²) in [6, 6.07) is 0.177. The summed E-state index contributed by atoms with van der Waals surface area (Å²) in [5.41, 5.74) is 0. The Balaban J connectivity index is 2.32. The second kappa shape index (κ2) is 10.6. The smallest absolute Gasteiger partial charge is 0.154 e. The topological polar surface area (TPSA) is 46.2 Å². The van der Waals surface area contributed by atoms with Crippen molar-refractivity contribution in [3.63, 3.8) is 0 Å². The molecule has 21 heavy (non-hydrogen) atoms. The van der Waals surface area contributed by atoms with Gasteiger partial charge in [0.05, 0.1) is 11.0 Å². The second-order valence-electron chi connectivity index (χ2n) is 6.48. The fraction of sp³-hybridized carbons (Fsp3) is 1.00. The van der Waals surface area contributed by atoms with E-state index in [-0.39, 0.29) is 11.3 Å². The fourth-order valence-electron chi connectivity index (χ4n) is 3.43. The van der Waals surface area contributed by atoms with Crippen molar-refractivity contribution >= 4 is 9.84 Å². The minimum absolute atomic E-state index is 0.133. The molecule has 0 aromatic heterocycles. The van der Waals surface area contributed by atoms with Crippen LogP contribution in [0.2, 0.25) is 0 Å². The van der Waals surface area contributed by atoms with Crippen LogP contribution in [0.4, 0.5) is 0 Å². The molecular weight excluding hydrogens is 282 g/mol. The third-order valence-electron chi connectivity index (χ3n) is 4.66. The van der Waals surface area contributed by atoms with Crippen LogP contribution < -0.4 is 5.32 Å². The Labute approximate surface area is 132 Å². The molecule has 0 saturated carbocycles. The predicted octanol–water partition coefficient (Wildman–Crippen LogP) is 4.07. The summed E-state index contributed by atoms with van der Waals surface area (Å²) in [5.74, 6) is 0.399. The predicted molar refractivity (Wildman–Crippen MR) is 91.5 cm³/mol. The molecule has 0 spiro atoms. The summed E-state index contributed by atoms with van der Waals surface area (Å²) in [7, 11) is -2.86. The molecule has 0 amide bonds. The molecule has 0 aromatic carbocycles. The van der Waals surface area contributed by atoms with Gasteiger partial charge in [-0.05, 0) is 25.8 Å². The van der Waals surface area contributed by atoms with Crippen LogP contribution in [0.1, 0.15) is 84.5 Å². The van der Waals surface area contributed by atoms with Crippen molar-refractivity contribution < 1.29 is 8.42 Å². The number of sulfone groups is 1. The quantitative estimate of drug-likeness (QED) is 0.584. The molecule has 1 N–H and O–H groups in total. The van der Waals surface area contributed by atoms with E-state index in [0.29, 0.717) is 5.75 Å². The summed E-state index contributed by atoms with van der Waals surface area (Å²) in [6.07, 6.45) is 12.8. The lowest BCUT2D eigenvalue weighted by Crippen LogP contribution is -2.46. The first kappa shape index (κ1) is 19.0. The van der Waals surface area contributed by atoms with Crippen molar-refractivity contribution in [3.05, 3.63) is 0 Å². The van der Waals surface area contributed by atoms with Crippen LogP contribution in [-0.4, -0.2) is 32.0 Å². The maximum Gasteiger partial charge on any atom is 0.154 e. The monoisotopic (exact) mass is 317 g/mol. The van der Waals surface area contributed by atoms with Crippen LogP contribution >= 0.6 is 0 Å². The number of rotatable bonds is 11. The third kappa shape index (κ3) is 7.14. The zero-order valence-corrected chi connectivity index (χ0v) is 14.9. The lowest BCUT2D eigenvalue weighted by atomic mass is 10.00. The first-order chi connectivity index (χ1) is 10.1. The minimum atomic E-state index is -2.86. The highest BCUT2D eigenvalue weighted by Crippen LogP contribution is 2.25. The number of hydrogen-bond acceptors (Lipinski definition) is 3. The van der Waals surface area contributed by atoms with Gasteiger partial charge in [0.25, 0.3) is 0 Å². The SMILES string of the molecule is CCCCCCCCCC(NCC)C1CCCCS1(=O)=O. The number of hydrogen-bond donors (Lipinski definition) is 1. The lowest BCUT2D eigenvalue weighted by molar-refractivity contribution is 0.408. The molecule has 0 radical (unpaired) electrons. The zero-order chi connectivity index (χ0) is 15.6. The van der Waals surface area contributed by atoms with Crippen molar-refractivity contribution in [2.45, 2.75) is 95.8 Å². The van der Waals surface area contributed by atoms with E-state index in [1.807, 2.05) is 0 Å². The molecule has 126 valence electrons. The summed E-state index contributed by atoms with van der Waals surface area (Å²) in [4.78, 5) is 0. The van der Waals surface area contributed by atoms with Crippen molar-refractivity contribution in [2.75, 3.05) is 12.3 Å². The Morgan fingerprint density at radius 3 is 2.29 bits per heavy atom. The Kier molecular flexibility index (Phi) is 9.57. The van der Waals surface area contributed by atoms with Crippen molar-refractivity contribution in [2.24, 2.45) is 0 Å². The van der Waals surface area contributed by atoms with Crippen LogP contribution in [0.3, 0.4) is 0 Å². The van der Waals surface area contributed by atoms with E-state index < -0.39 is 9.84 Å². The first-order valence-corrected chi connectivity index (χ1v) is 10.8. The van der Waals surface area contributed by atoms with Gasteiger partial charge in [-0.25, -0.2) is 8.42 Å². The largest absolute Gasteiger partial charge is 0.313 e. The van der Waals surface area contributed by atoms with E-state index in [2.05, 4.69) is 19.2 Å². The van der Waals surface area contributed by atoms with Crippen molar-refractivity contribution in [3.8, 4) is 0 Å². The van der Waals surface area contributed by atoms with Gasteiger partial charge >= 0.3 is 0 Å². The van der Waals surface area contributed by atoms with Crippen LogP contribution in [0, 0.1) is 0 Å². The van der Waals surface area contributed by atoms with E-state index in [1.54, 1.807) is 0 Å². The highest BCUT2D eigenvalue weighted by Gasteiger charge is 2.34. The van der Waals surface area contributed by atoms with Crippen LogP contribution in [0.5, 0.6) is 0 Å². The molecule has 4 heteroatoms. The normalized spacial score (nSPS) is 23.0. The average molecular weight is 318 g/mol. The summed E-state index contributed by atoms with van der Waals surface area (Å²) in [6.45, 7) is 5.19. The molecular formula is C17H35NO2S. The highest BCUT2D eigenvalue weighted by molar-refractivity contribution is 7.92. The molecule has 1 aliphatic rings. The Morgan fingerprint density at radius 1 is 1.00 bits per heavy atom. The van der Waals surface area contributed by atoms with Gasteiger partial charge in [-0.3, -0.25) is 0 Å². The Hall–Kier alpha value is -0.0900. The van der Waals surface area contributed by atoms with Gasteiger partial charge in [0.1, 0.15) is 0 Å². The van der Waals surface area contributed by atoms with E-state index >= 15 is 0 Å².